The van der Waals surface area contributed by atoms with Crippen LogP contribution in [-0.2, 0) is 57.4 Å². The summed E-state index contributed by atoms with van der Waals surface area (Å²) in [4.78, 5) is 112. The molecular formula is C21H26O18. The number of rotatable bonds is 16. The van der Waals surface area contributed by atoms with E-state index < -0.39 is 103 Å². The lowest BCUT2D eigenvalue weighted by Crippen LogP contribution is -2.51. The van der Waals surface area contributed by atoms with Crippen LogP contribution in [0.15, 0.2) is 0 Å². The summed E-state index contributed by atoms with van der Waals surface area (Å²) in [5, 5.41) is 53.2. The Labute approximate surface area is 218 Å². The monoisotopic (exact) mass is 566 g/mol. The minimum Gasteiger partial charge on any atom is -0.481 e. The zero-order valence-corrected chi connectivity index (χ0v) is 20.7. The van der Waals surface area contributed by atoms with Crippen LogP contribution < -0.4 is 0 Å². The van der Waals surface area contributed by atoms with Gasteiger partial charge >= 0.3 is 47.8 Å². The summed E-state index contributed by atoms with van der Waals surface area (Å²) in [5.41, 5.74) is -6.44. The molecule has 0 fully saturated rings. The van der Waals surface area contributed by atoms with Gasteiger partial charge < -0.3 is 40.1 Å². The number of carbonyl (C=O) groups excluding carboxylic acids is 4. The maximum atomic E-state index is 12.4. The fourth-order valence-electron chi connectivity index (χ4n) is 2.57. The summed E-state index contributed by atoms with van der Waals surface area (Å²) in [6.07, 6.45) is -6.76. The second-order valence-electron chi connectivity index (χ2n) is 8.23. The molecule has 0 radical (unpaired) electrons. The average Bonchev–Trinajstić information content (AvgIpc) is 2.71. The summed E-state index contributed by atoms with van der Waals surface area (Å²) in [5.74, 6) is -17.6. The van der Waals surface area contributed by atoms with Crippen molar-refractivity contribution in [3.63, 3.8) is 0 Å². The first kappa shape index (κ1) is 36.3. The predicted octanol–water partition coefficient (Wildman–Crippen LogP) is -1.19. The predicted molar refractivity (Wildman–Crippen MR) is 117 cm³/mol. The average molecular weight is 566 g/mol. The van der Waals surface area contributed by atoms with Crippen LogP contribution >= 0.6 is 0 Å². The van der Waals surface area contributed by atoms with Gasteiger partial charge in [0.1, 0.15) is 0 Å². The molecule has 0 aromatic rings. The van der Waals surface area contributed by atoms with Crippen LogP contribution in [0.2, 0.25) is 0 Å². The SMILES string of the molecule is CC(=O)C(=O)O.CC(C)CC(=O)C(=O)OC(CC(=O)O)(CC(=O)OC(CC(=O)O)(CC(=O)O)C(=O)O)C(=O)O. The summed E-state index contributed by atoms with van der Waals surface area (Å²) in [6.45, 7) is 4.06. The van der Waals surface area contributed by atoms with Crippen molar-refractivity contribution in [2.75, 3.05) is 0 Å². The van der Waals surface area contributed by atoms with Crippen molar-refractivity contribution in [1.29, 1.82) is 0 Å². The number of aliphatic carboxylic acids is 6. The van der Waals surface area contributed by atoms with Gasteiger partial charge in [-0.3, -0.25) is 28.8 Å². The van der Waals surface area contributed by atoms with E-state index in [0.717, 1.165) is 6.92 Å². The third-order valence-electron chi connectivity index (χ3n) is 4.24. The molecule has 0 aromatic heterocycles. The Morgan fingerprint density at radius 2 is 0.949 bits per heavy atom. The van der Waals surface area contributed by atoms with Gasteiger partial charge in [0.15, 0.2) is 0 Å². The zero-order chi connectivity index (χ0) is 31.3. The molecule has 0 rings (SSSR count). The van der Waals surface area contributed by atoms with Crippen LogP contribution in [0, 0.1) is 5.92 Å². The molecule has 1 atom stereocenters. The largest absolute Gasteiger partial charge is 0.481 e. The highest BCUT2D eigenvalue weighted by atomic mass is 16.6. The van der Waals surface area contributed by atoms with Crippen molar-refractivity contribution < 1.29 is 88.1 Å². The van der Waals surface area contributed by atoms with E-state index in [1.807, 2.05) is 0 Å². The smallest absolute Gasteiger partial charge is 0.375 e. The Hall–Kier alpha value is -4.90. The number of hydrogen-bond acceptors (Lipinski definition) is 12. The van der Waals surface area contributed by atoms with Crippen LogP contribution in [0.3, 0.4) is 0 Å². The van der Waals surface area contributed by atoms with E-state index >= 15 is 0 Å². The zero-order valence-electron chi connectivity index (χ0n) is 20.7. The van der Waals surface area contributed by atoms with Crippen LogP contribution in [0.25, 0.3) is 0 Å². The van der Waals surface area contributed by atoms with Gasteiger partial charge in [-0.15, -0.1) is 0 Å². The number of carbonyl (C=O) groups is 10. The second-order valence-corrected chi connectivity index (χ2v) is 8.23. The molecule has 0 saturated carbocycles. The molecule has 0 amide bonds. The van der Waals surface area contributed by atoms with Crippen LogP contribution in [0.4, 0.5) is 0 Å². The highest BCUT2D eigenvalue weighted by Crippen LogP contribution is 2.28. The molecule has 0 aromatic carbocycles. The Kier molecular flexibility index (Phi) is 14.3. The number of carboxylic acids is 6. The van der Waals surface area contributed by atoms with Gasteiger partial charge in [0, 0.05) is 13.3 Å². The summed E-state index contributed by atoms with van der Waals surface area (Å²) < 4.78 is 9.01. The highest BCUT2D eigenvalue weighted by molar-refractivity contribution is 6.34. The molecule has 0 saturated heterocycles. The van der Waals surface area contributed by atoms with Gasteiger partial charge in [0.25, 0.3) is 0 Å². The minimum absolute atomic E-state index is 0.378. The second kappa shape index (κ2) is 15.4. The van der Waals surface area contributed by atoms with E-state index in [9.17, 15) is 58.2 Å². The first-order chi connectivity index (χ1) is 17.6. The van der Waals surface area contributed by atoms with Crippen molar-refractivity contribution in [2.24, 2.45) is 5.92 Å². The Bertz CT molecular complexity index is 1010. The van der Waals surface area contributed by atoms with Crippen LogP contribution in [0.1, 0.15) is 52.9 Å². The number of hydrogen-bond donors (Lipinski definition) is 6. The Morgan fingerprint density at radius 1 is 0.615 bits per heavy atom. The molecule has 0 aliphatic rings. The van der Waals surface area contributed by atoms with E-state index in [1.165, 1.54) is 13.8 Å². The number of Topliss-reactive ketones (excluding diaryl/α,β-unsaturated/α-hetero) is 2. The molecule has 18 nitrogen and oxygen atoms in total. The van der Waals surface area contributed by atoms with Crippen molar-refractivity contribution in [3.05, 3.63) is 0 Å². The summed E-state index contributed by atoms with van der Waals surface area (Å²) in [6, 6.07) is 0. The standard InChI is InChI=1S/C18H22O15.C3H4O3/c1-8(2)3-9(19)14(27)33-18(16(30)31,6-12(24)25)7-13(26)32-17(15(28)29,4-10(20)21)5-11(22)23;1-2(4)3(5)6/h8H,3-7H2,1-2H3,(H,20,21)(H,22,23)(H,24,25)(H,28,29)(H,30,31);1H3,(H,5,6). The molecule has 39 heavy (non-hydrogen) atoms. The van der Waals surface area contributed by atoms with Crippen molar-refractivity contribution in [3.8, 4) is 0 Å². The van der Waals surface area contributed by atoms with Gasteiger partial charge in [0.05, 0.1) is 25.7 Å². The molecule has 0 heterocycles. The maximum absolute atomic E-state index is 12.4. The molecule has 0 aliphatic heterocycles. The van der Waals surface area contributed by atoms with E-state index in [1.54, 1.807) is 0 Å². The first-order valence-electron chi connectivity index (χ1n) is 10.4. The quantitative estimate of drug-likeness (QED) is 0.0944. The molecule has 0 bridgehead atoms. The molecule has 0 aliphatic carbocycles. The topological polar surface area (TPSA) is 311 Å². The maximum Gasteiger partial charge on any atom is 0.375 e. The molecule has 6 N–H and O–H groups in total. The van der Waals surface area contributed by atoms with Crippen molar-refractivity contribution in [2.45, 2.75) is 64.1 Å². The third-order valence-corrected chi connectivity index (χ3v) is 4.24. The fourth-order valence-corrected chi connectivity index (χ4v) is 2.57. The van der Waals surface area contributed by atoms with Crippen molar-refractivity contribution >= 4 is 59.3 Å². The van der Waals surface area contributed by atoms with Crippen LogP contribution in [0.5, 0.6) is 0 Å². The molecular weight excluding hydrogens is 540 g/mol. The normalized spacial score (nSPS) is 12.0. The van der Waals surface area contributed by atoms with Gasteiger partial charge in [-0.25, -0.2) is 19.2 Å². The molecule has 0 spiro atoms. The third kappa shape index (κ3) is 13.3. The van der Waals surface area contributed by atoms with E-state index in [2.05, 4.69) is 9.47 Å². The number of ether oxygens (including phenoxy) is 2. The lowest BCUT2D eigenvalue weighted by molar-refractivity contribution is -0.196. The van der Waals surface area contributed by atoms with E-state index in [0.29, 0.717) is 0 Å². The molecule has 218 valence electrons. The molecule has 1 unspecified atom stereocenters. The van der Waals surface area contributed by atoms with Gasteiger partial charge in [-0.1, -0.05) is 13.8 Å². The number of carboxylic acid groups (broad SMARTS) is 6. The number of ketones is 2. The Balaban J connectivity index is 0. The van der Waals surface area contributed by atoms with E-state index in [4.69, 9.17) is 20.4 Å². The first-order valence-corrected chi connectivity index (χ1v) is 10.4. The fraction of sp³-hybridized carbons (Fsp3) is 0.524. The van der Waals surface area contributed by atoms with Gasteiger partial charge in [0.2, 0.25) is 22.8 Å². The summed E-state index contributed by atoms with van der Waals surface area (Å²) >= 11 is 0. The van der Waals surface area contributed by atoms with E-state index in [-0.39, 0.29) is 5.92 Å². The lowest BCUT2D eigenvalue weighted by atomic mass is 9.93. The minimum atomic E-state index is -3.25. The Morgan fingerprint density at radius 3 is 1.21 bits per heavy atom. The summed E-state index contributed by atoms with van der Waals surface area (Å²) in [7, 11) is 0. The van der Waals surface area contributed by atoms with Crippen molar-refractivity contribution in [1.82, 2.24) is 0 Å². The van der Waals surface area contributed by atoms with Gasteiger partial charge in [-0.2, -0.15) is 0 Å². The highest BCUT2D eigenvalue weighted by Gasteiger charge is 2.52. The van der Waals surface area contributed by atoms with Gasteiger partial charge in [-0.05, 0) is 5.92 Å². The number of esters is 2. The lowest BCUT2D eigenvalue weighted by Gasteiger charge is -2.30. The van der Waals surface area contributed by atoms with Crippen LogP contribution in [-0.4, -0.2) is 101 Å². The molecule has 18 heteroatoms.